The number of fused-ring (bicyclic) bond motifs is 1. The fourth-order valence-electron chi connectivity index (χ4n) is 2.05. The zero-order valence-electron chi connectivity index (χ0n) is 11.8. The van der Waals surface area contributed by atoms with Crippen LogP contribution in [0.25, 0.3) is 4.96 Å². The first-order chi connectivity index (χ1) is 11.0. The van der Waals surface area contributed by atoms with Gasteiger partial charge in [0, 0.05) is 35.1 Å². The lowest BCUT2D eigenvalue weighted by molar-refractivity contribution is -0.384. The predicted molar refractivity (Wildman–Crippen MR) is 85.1 cm³/mol. The lowest BCUT2D eigenvalue weighted by Gasteiger charge is -2.05. The number of nitrogens with zero attached hydrogens (tertiary/aromatic N) is 3. The topological polar surface area (TPSA) is 107 Å². The fourth-order valence-corrected chi connectivity index (χ4v) is 2.87. The van der Waals surface area contributed by atoms with Gasteiger partial charge >= 0.3 is 0 Å². The second-order valence-electron chi connectivity index (χ2n) is 4.73. The van der Waals surface area contributed by atoms with Crippen LogP contribution in [-0.2, 0) is 0 Å². The van der Waals surface area contributed by atoms with Crippen molar-refractivity contribution < 1.29 is 9.72 Å². The molecule has 1 amide bonds. The largest absolute Gasteiger partial charge is 0.322 e. The molecule has 2 aromatic heterocycles. The molecule has 23 heavy (non-hydrogen) atoms. The number of aromatic nitrogens is 2. The predicted octanol–water partition coefficient (Wildman–Crippen LogP) is 2.22. The summed E-state index contributed by atoms with van der Waals surface area (Å²) in [6.45, 7) is 1.75. The van der Waals surface area contributed by atoms with E-state index in [0.717, 1.165) is 0 Å². The second-order valence-corrected chi connectivity index (χ2v) is 5.57. The molecule has 1 N–H and O–H groups in total. The van der Waals surface area contributed by atoms with Gasteiger partial charge in [0.1, 0.15) is 5.56 Å². The van der Waals surface area contributed by atoms with Gasteiger partial charge in [-0.3, -0.25) is 24.1 Å². The molecule has 0 spiro atoms. The summed E-state index contributed by atoms with van der Waals surface area (Å²) < 4.78 is 1.37. The number of nitro groups is 1. The highest BCUT2D eigenvalue weighted by atomic mass is 32.1. The van der Waals surface area contributed by atoms with Crippen molar-refractivity contribution in [2.24, 2.45) is 0 Å². The van der Waals surface area contributed by atoms with E-state index in [1.807, 2.05) is 0 Å². The smallest absolute Gasteiger partial charge is 0.271 e. The second kappa shape index (κ2) is 5.61. The summed E-state index contributed by atoms with van der Waals surface area (Å²) in [5, 5.41) is 14.9. The van der Waals surface area contributed by atoms with Gasteiger partial charge < -0.3 is 5.32 Å². The number of benzene rings is 1. The highest BCUT2D eigenvalue weighted by Gasteiger charge is 2.15. The van der Waals surface area contributed by atoms with Gasteiger partial charge in [-0.15, -0.1) is 11.3 Å². The van der Waals surface area contributed by atoms with Gasteiger partial charge in [0.15, 0.2) is 4.96 Å². The number of non-ortho nitro benzene ring substituents is 1. The number of carbonyl (C=O) groups excluding carboxylic acids is 1. The van der Waals surface area contributed by atoms with Crippen molar-refractivity contribution in [1.29, 1.82) is 0 Å². The normalized spacial score (nSPS) is 10.7. The number of nitrogens with one attached hydrogen (secondary N) is 1. The van der Waals surface area contributed by atoms with Gasteiger partial charge in [-0.2, -0.15) is 0 Å². The Hall–Kier alpha value is -3.07. The molecule has 0 saturated heterocycles. The van der Waals surface area contributed by atoms with E-state index in [0.29, 0.717) is 16.3 Å². The van der Waals surface area contributed by atoms with Gasteiger partial charge in [-0.25, -0.2) is 4.98 Å². The van der Waals surface area contributed by atoms with Crippen LogP contribution in [0.2, 0.25) is 0 Å². The van der Waals surface area contributed by atoms with Gasteiger partial charge in [0.05, 0.1) is 4.92 Å². The maximum atomic E-state index is 12.4. The van der Waals surface area contributed by atoms with Crippen molar-refractivity contribution in [3.05, 3.63) is 67.6 Å². The number of rotatable bonds is 3. The molecule has 8 nitrogen and oxygen atoms in total. The highest BCUT2D eigenvalue weighted by Crippen LogP contribution is 2.16. The molecule has 0 atom stereocenters. The summed E-state index contributed by atoms with van der Waals surface area (Å²) in [5.74, 6) is -0.614. The number of thiazole rings is 1. The molecule has 0 aliphatic rings. The lowest BCUT2D eigenvalue weighted by atomic mass is 10.2. The fraction of sp³-hybridized carbons (Fsp3) is 0.0714. The van der Waals surface area contributed by atoms with Crippen molar-refractivity contribution in [1.82, 2.24) is 9.38 Å². The van der Waals surface area contributed by atoms with Crippen LogP contribution in [0.1, 0.15) is 16.1 Å². The third-order valence-corrected chi connectivity index (χ3v) is 4.15. The van der Waals surface area contributed by atoms with Crippen LogP contribution in [0.15, 0.2) is 40.6 Å². The molecular formula is C14H10N4O4S. The number of anilines is 1. The summed E-state index contributed by atoms with van der Waals surface area (Å²) in [6.07, 6.45) is 1.23. The first-order valence-corrected chi connectivity index (χ1v) is 7.37. The summed E-state index contributed by atoms with van der Waals surface area (Å²) in [4.78, 5) is 39.3. The Kier molecular flexibility index (Phi) is 3.62. The average Bonchev–Trinajstić information content (AvgIpc) is 2.90. The molecule has 116 valence electrons. The molecule has 3 aromatic rings. The summed E-state index contributed by atoms with van der Waals surface area (Å²) in [7, 11) is 0. The third-order valence-electron chi connectivity index (χ3n) is 3.20. The monoisotopic (exact) mass is 330 g/mol. The molecule has 0 fully saturated rings. The quantitative estimate of drug-likeness (QED) is 0.585. The Balaban J connectivity index is 1.91. The number of nitro benzene ring substituents is 1. The van der Waals surface area contributed by atoms with Crippen LogP contribution < -0.4 is 10.9 Å². The number of hydrogen-bond acceptors (Lipinski definition) is 6. The lowest BCUT2D eigenvalue weighted by Crippen LogP contribution is -2.26. The van der Waals surface area contributed by atoms with Crippen LogP contribution in [0.3, 0.4) is 0 Å². The van der Waals surface area contributed by atoms with Crippen molar-refractivity contribution in [3.8, 4) is 0 Å². The van der Waals surface area contributed by atoms with Crippen molar-refractivity contribution in [2.45, 2.75) is 6.92 Å². The van der Waals surface area contributed by atoms with Crippen molar-refractivity contribution in [2.75, 3.05) is 5.32 Å². The minimum Gasteiger partial charge on any atom is -0.322 e. The standard InChI is InChI=1S/C14H10N4O4S/c1-8-7-23-14-15-6-11(13(20)17(8)14)12(19)16-9-2-4-10(5-3-9)18(21)22/h2-7H,1H3,(H,16,19). The molecule has 0 bridgehead atoms. The van der Waals surface area contributed by atoms with E-state index in [1.54, 1.807) is 12.3 Å². The van der Waals surface area contributed by atoms with Crippen LogP contribution in [0.4, 0.5) is 11.4 Å². The van der Waals surface area contributed by atoms with Gasteiger partial charge in [-0.05, 0) is 19.1 Å². The maximum absolute atomic E-state index is 12.4. The van der Waals surface area contributed by atoms with Crippen molar-refractivity contribution in [3.63, 3.8) is 0 Å². The maximum Gasteiger partial charge on any atom is 0.271 e. The molecule has 0 radical (unpaired) electrons. The van der Waals surface area contributed by atoms with Crippen LogP contribution in [-0.4, -0.2) is 20.2 Å². The van der Waals surface area contributed by atoms with Gasteiger partial charge in [0.25, 0.3) is 17.2 Å². The van der Waals surface area contributed by atoms with Crippen LogP contribution in [0.5, 0.6) is 0 Å². The number of carbonyl (C=O) groups is 1. The molecular weight excluding hydrogens is 320 g/mol. The highest BCUT2D eigenvalue weighted by molar-refractivity contribution is 7.15. The molecule has 0 aliphatic carbocycles. The van der Waals surface area contributed by atoms with E-state index in [-0.39, 0.29) is 11.3 Å². The molecule has 0 aliphatic heterocycles. The van der Waals surface area contributed by atoms with Crippen molar-refractivity contribution >= 4 is 33.6 Å². The van der Waals surface area contributed by atoms with Gasteiger partial charge in [-0.1, -0.05) is 0 Å². The van der Waals surface area contributed by atoms with E-state index in [9.17, 15) is 19.7 Å². The number of aryl methyl sites for hydroxylation is 1. The molecule has 0 saturated carbocycles. The molecule has 0 unspecified atom stereocenters. The summed E-state index contributed by atoms with van der Waals surface area (Å²) >= 11 is 1.31. The van der Waals surface area contributed by atoms with Crippen LogP contribution >= 0.6 is 11.3 Å². The molecule has 3 rings (SSSR count). The number of hydrogen-bond donors (Lipinski definition) is 1. The number of amides is 1. The van der Waals surface area contributed by atoms with E-state index in [2.05, 4.69) is 10.3 Å². The molecule has 9 heteroatoms. The Morgan fingerprint density at radius 1 is 1.35 bits per heavy atom. The minimum atomic E-state index is -0.614. The third kappa shape index (κ3) is 2.69. The van der Waals surface area contributed by atoms with E-state index >= 15 is 0 Å². The zero-order valence-corrected chi connectivity index (χ0v) is 12.7. The Labute approximate surface area is 133 Å². The van der Waals surface area contributed by atoms with E-state index in [4.69, 9.17) is 0 Å². The van der Waals surface area contributed by atoms with Crippen LogP contribution in [0, 0.1) is 17.0 Å². The van der Waals surface area contributed by atoms with E-state index in [1.165, 1.54) is 46.2 Å². The average molecular weight is 330 g/mol. The first kappa shape index (κ1) is 14.9. The van der Waals surface area contributed by atoms with Gasteiger partial charge in [0.2, 0.25) is 0 Å². The minimum absolute atomic E-state index is 0.0833. The first-order valence-electron chi connectivity index (χ1n) is 6.49. The SMILES string of the molecule is Cc1csc2ncc(C(=O)Nc3ccc([N+](=O)[O-])cc3)c(=O)n12. The Morgan fingerprint density at radius 3 is 2.70 bits per heavy atom. The Morgan fingerprint density at radius 2 is 2.04 bits per heavy atom. The zero-order chi connectivity index (χ0) is 16.6. The molecule has 2 heterocycles. The van der Waals surface area contributed by atoms with E-state index < -0.39 is 16.4 Å². The summed E-state index contributed by atoms with van der Waals surface area (Å²) in [6, 6.07) is 5.34. The summed E-state index contributed by atoms with van der Waals surface area (Å²) in [5.41, 5.74) is 0.426. The molecule has 1 aromatic carbocycles. The Bertz CT molecular complexity index is 975.